The summed E-state index contributed by atoms with van der Waals surface area (Å²) in [6.07, 6.45) is 0. The third kappa shape index (κ3) is 2.62. The van der Waals surface area contributed by atoms with E-state index in [0.29, 0.717) is 0 Å². The van der Waals surface area contributed by atoms with Gasteiger partial charge in [0.05, 0.1) is 4.47 Å². The van der Waals surface area contributed by atoms with Crippen LogP contribution in [0.3, 0.4) is 0 Å². The van der Waals surface area contributed by atoms with E-state index in [2.05, 4.69) is 53.4 Å². The Balaban J connectivity index is 2.11. The van der Waals surface area contributed by atoms with Crippen LogP contribution in [0.2, 0.25) is 0 Å². The monoisotopic (exact) mass is 344 g/mol. The van der Waals surface area contributed by atoms with E-state index in [1.54, 1.807) is 0 Å². The van der Waals surface area contributed by atoms with Gasteiger partial charge in [-0.15, -0.1) is 0 Å². The molecule has 2 aromatic carbocycles. The van der Waals surface area contributed by atoms with Crippen LogP contribution in [0.5, 0.6) is 0 Å². The SMILES string of the molecule is Cc1ccc(C(NN)c2cc3cccc(Br)c3o2)c(C)c1. The van der Waals surface area contributed by atoms with E-state index >= 15 is 0 Å². The third-order valence-electron chi connectivity index (χ3n) is 3.70. The highest BCUT2D eigenvalue weighted by atomic mass is 79.9. The average Bonchev–Trinajstić information content (AvgIpc) is 2.87. The molecule has 3 N–H and O–H groups in total. The Bertz CT molecular complexity index is 795. The molecule has 108 valence electrons. The summed E-state index contributed by atoms with van der Waals surface area (Å²) in [6.45, 7) is 4.17. The summed E-state index contributed by atoms with van der Waals surface area (Å²) in [5, 5.41) is 1.06. The molecule has 3 rings (SSSR count). The van der Waals surface area contributed by atoms with Crippen molar-refractivity contribution in [3.05, 3.63) is 69.4 Å². The number of para-hydroxylation sites is 1. The van der Waals surface area contributed by atoms with Crippen molar-refractivity contribution in [3.8, 4) is 0 Å². The van der Waals surface area contributed by atoms with E-state index in [1.807, 2.05) is 24.3 Å². The van der Waals surface area contributed by atoms with Crippen LogP contribution < -0.4 is 11.3 Å². The summed E-state index contributed by atoms with van der Waals surface area (Å²) in [5.41, 5.74) is 7.26. The Morgan fingerprint density at radius 3 is 2.62 bits per heavy atom. The number of benzene rings is 2. The van der Waals surface area contributed by atoms with Crippen molar-refractivity contribution >= 4 is 26.9 Å². The zero-order valence-corrected chi connectivity index (χ0v) is 13.6. The zero-order valence-electron chi connectivity index (χ0n) is 12.0. The minimum absolute atomic E-state index is 0.162. The van der Waals surface area contributed by atoms with Crippen molar-refractivity contribution in [3.63, 3.8) is 0 Å². The van der Waals surface area contributed by atoms with Crippen LogP contribution in [-0.2, 0) is 0 Å². The summed E-state index contributed by atoms with van der Waals surface area (Å²) in [6, 6.07) is 14.2. The number of fused-ring (bicyclic) bond motifs is 1. The first-order chi connectivity index (χ1) is 10.1. The molecule has 0 bridgehead atoms. The summed E-state index contributed by atoms with van der Waals surface area (Å²) >= 11 is 3.52. The van der Waals surface area contributed by atoms with Crippen molar-refractivity contribution in [1.29, 1.82) is 0 Å². The zero-order chi connectivity index (χ0) is 15.0. The second-order valence-corrected chi connectivity index (χ2v) is 6.12. The molecule has 21 heavy (non-hydrogen) atoms. The van der Waals surface area contributed by atoms with Crippen LogP contribution in [0, 0.1) is 13.8 Å². The summed E-state index contributed by atoms with van der Waals surface area (Å²) in [4.78, 5) is 0. The maximum Gasteiger partial charge on any atom is 0.148 e. The number of hydrazine groups is 1. The lowest BCUT2D eigenvalue weighted by Gasteiger charge is -2.16. The molecule has 1 unspecified atom stereocenters. The van der Waals surface area contributed by atoms with Crippen LogP contribution in [0.1, 0.15) is 28.5 Å². The van der Waals surface area contributed by atoms with Gasteiger partial charge in [0, 0.05) is 5.39 Å². The fourth-order valence-electron chi connectivity index (χ4n) is 2.66. The first-order valence-electron chi connectivity index (χ1n) is 6.81. The summed E-state index contributed by atoms with van der Waals surface area (Å²) < 4.78 is 6.95. The standard InChI is InChI=1S/C17H17BrN2O/c1-10-6-7-13(11(2)8-10)16(20-19)15-9-12-4-3-5-14(18)17(12)21-15/h3-9,16,20H,19H2,1-2H3. The molecule has 1 atom stereocenters. The second kappa shape index (κ2) is 5.64. The first-order valence-corrected chi connectivity index (χ1v) is 7.60. The molecule has 0 aliphatic rings. The minimum Gasteiger partial charge on any atom is -0.458 e. The first kappa shape index (κ1) is 14.3. The Morgan fingerprint density at radius 1 is 1.14 bits per heavy atom. The molecular weight excluding hydrogens is 328 g/mol. The Hall–Kier alpha value is -1.62. The van der Waals surface area contributed by atoms with Crippen LogP contribution in [0.15, 0.2) is 51.4 Å². The summed E-state index contributed by atoms with van der Waals surface area (Å²) in [5.74, 6) is 6.59. The van der Waals surface area contributed by atoms with E-state index in [0.717, 1.165) is 26.8 Å². The third-order valence-corrected chi connectivity index (χ3v) is 4.33. The van der Waals surface area contributed by atoms with Gasteiger partial charge in [0.15, 0.2) is 0 Å². The molecule has 0 saturated carbocycles. The highest BCUT2D eigenvalue weighted by Gasteiger charge is 2.19. The molecule has 0 amide bonds. The molecule has 4 heteroatoms. The van der Waals surface area contributed by atoms with Gasteiger partial charge in [-0.05, 0) is 53.0 Å². The normalized spacial score (nSPS) is 12.8. The van der Waals surface area contributed by atoms with Crippen LogP contribution in [-0.4, -0.2) is 0 Å². The van der Waals surface area contributed by atoms with Gasteiger partial charge in [-0.1, -0.05) is 35.9 Å². The van der Waals surface area contributed by atoms with Crippen LogP contribution >= 0.6 is 15.9 Å². The lowest BCUT2D eigenvalue weighted by atomic mass is 9.98. The Labute approximate surface area is 132 Å². The van der Waals surface area contributed by atoms with Gasteiger partial charge in [-0.25, -0.2) is 5.43 Å². The van der Waals surface area contributed by atoms with Crippen molar-refractivity contribution < 1.29 is 4.42 Å². The number of rotatable bonds is 3. The molecule has 3 nitrogen and oxygen atoms in total. The molecule has 0 aliphatic heterocycles. The highest BCUT2D eigenvalue weighted by molar-refractivity contribution is 9.10. The lowest BCUT2D eigenvalue weighted by molar-refractivity contribution is 0.475. The van der Waals surface area contributed by atoms with E-state index in [1.165, 1.54) is 11.1 Å². The molecule has 1 heterocycles. The van der Waals surface area contributed by atoms with E-state index in [4.69, 9.17) is 10.3 Å². The number of hydrogen-bond acceptors (Lipinski definition) is 3. The molecule has 0 fully saturated rings. The number of halogens is 1. The molecule has 0 spiro atoms. The molecule has 1 aromatic heterocycles. The van der Waals surface area contributed by atoms with Gasteiger partial charge in [-0.3, -0.25) is 5.84 Å². The predicted octanol–water partition coefficient (Wildman–Crippen LogP) is 4.36. The second-order valence-electron chi connectivity index (χ2n) is 5.27. The number of nitrogens with two attached hydrogens (primary N) is 1. The van der Waals surface area contributed by atoms with Crippen molar-refractivity contribution in [2.45, 2.75) is 19.9 Å². The fraction of sp³-hybridized carbons (Fsp3) is 0.176. The van der Waals surface area contributed by atoms with Gasteiger partial charge in [0.25, 0.3) is 0 Å². The van der Waals surface area contributed by atoms with Gasteiger partial charge in [-0.2, -0.15) is 0 Å². The van der Waals surface area contributed by atoms with Crippen LogP contribution in [0.4, 0.5) is 0 Å². The van der Waals surface area contributed by atoms with E-state index < -0.39 is 0 Å². The maximum atomic E-state index is 6.00. The Kier molecular flexibility index (Phi) is 3.85. The number of nitrogens with one attached hydrogen (secondary N) is 1. The largest absolute Gasteiger partial charge is 0.458 e. The van der Waals surface area contributed by atoms with E-state index in [9.17, 15) is 0 Å². The lowest BCUT2D eigenvalue weighted by Crippen LogP contribution is -2.29. The molecule has 0 radical (unpaired) electrons. The van der Waals surface area contributed by atoms with Gasteiger partial charge >= 0.3 is 0 Å². The maximum absolute atomic E-state index is 6.00. The molecule has 0 saturated heterocycles. The minimum atomic E-state index is -0.162. The van der Waals surface area contributed by atoms with Gasteiger partial charge < -0.3 is 4.42 Å². The fourth-order valence-corrected chi connectivity index (χ4v) is 3.13. The number of furan rings is 1. The molecule has 0 aliphatic carbocycles. The smallest absolute Gasteiger partial charge is 0.148 e. The van der Waals surface area contributed by atoms with Gasteiger partial charge in [0.1, 0.15) is 17.4 Å². The quantitative estimate of drug-likeness (QED) is 0.548. The number of hydrogen-bond donors (Lipinski definition) is 2. The topological polar surface area (TPSA) is 51.2 Å². The molecule has 3 aromatic rings. The van der Waals surface area contributed by atoms with E-state index in [-0.39, 0.29) is 6.04 Å². The molecular formula is C17H17BrN2O. The van der Waals surface area contributed by atoms with Gasteiger partial charge in [0.2, 0.25) is 0 Å². The Morgan fingerprint density at radius 2 is 1.95 bits per heavy atom. The van der Waals surface area contributed by atoms with Crippen molar-refractivity contribution in [2.24, 2.45) is 5.84 Å². The van der Waals surface area contributed by atoms with Crippen molar-refractivity contribution in [2.75, 3.05) is 0 Å². The van der Waals surface area contributed by atoms with Crippen molar-refractivity contribution in [1.82, 2.24) is 5.43 Å². The summed E-state index contributed by atoms with van der Waals surface area (Å²) in [7, 11) is 0. The highest BCUT2D eigenvalue weighted by Crippen LogP contribution is 2.32. The number of aryl methyl sites for hydroxylation is 2. The van der Waals surface area contributed by atoms with Crippen LogP contribution in [0.25, 0.3) is 11.0 Å². The average molecular weight is 345 g/mol. The predicted molar refractivity (Wildman–Crippen MR) is 89.0 cm³/mol.